The van der Waals surface area contributed by atoms with E-state index in [1.807, 2.05) is 73.7 Å². The number of benzene rings is 3. The van der Waals surface area contributed by atoms with Crippen LogP contribution >= 0.6 is 22.9 Å². The molecule has 0 aliphatic heterocycles. The minimum Gasteiger partial charge on any atom is -0.497 e. The second-order valence-corrected chi connectivity index (χ2v) is 8.42. The van der Waals surface area contributed by atoms with Crippen molar-refractivity contribution in [2.24, 2.45) is 0 Å². The maximum absolute atomic E-state index is 13.3. The van der Waals surface area contributed by atoms with Gasteiger partial charge < -0.3 is 4.74 Å². The first-order chi connectivity index (χ1) is 14.5. The number of anilines is 1. The molecular formula is C24H21ClN2O2S. The van der Waals surface area contributed by atoms with Gasteiger partial charge in [-0.1, -0.05) is 65.4 Å². The lowest BCUT2D eigenvalue weighted by Crippen LogP contribution is -2.31. The lowest BCUT2D eigenvalue weighted by atomic mass is 10.1. The molecule has 0 atom stereocenters. The molecule has 0 aliphatic rings. The number of hydrogen-bond acceptors (Lipinski definition) is 4. The van der Waals surface area contributed by atoms with Gasteiger partial charge in [-0.25, -0.2) is 4.98 Å². The number of thiazole rings is 1. The predicted octanol–water partition coefficient (Wildman–Crippen LogP) is 6.04. The molecule has 6 heteroatoms. The van der Waals surface area contributed by atoms with Crippen LogP contribution in [0.25, 0.3) is 10.2 Å². The van der Waals surface area contributed by atoms with Gasteiger partial charge >= 0.3 is 0 Å². The normalized spacial score (nSPS) is 10.9. The van der Waals surface area contributed by atoms with Crippen LogP contribution in [0.2, 0.25) is 5.02 Å². The zero-order chi connectivity index (χ0) is 21.1. The largest absolute Gasteiger partial charge is 0.497 e. The average molecular weight is 437 g/mol. The predicted molar refractivity (Wildman–Crippen MR) is 124 cm³/mol. The molecule has 0 bridgehead atoms. The molecule has 1 aromatic heterocycles. The minimum absolute atomic E-state index is 0.00757. The molecule has 0 saturated heterocycles. The van der Waals surface area contributed by atoms with Gasteiger partial charge in [0, 0.05) is 5.02 Å². The third-order valence-electron chi connectivity index (χ3n) is 4.97. The monoisotopic (exact) mass is 436 g/mol. The van der Waals surface area contributed by atoms with E-state index in [1.54, 1.807) is 12.0 Å². The van der Waals surface area contributed by atoms with E-state index in [9.17, 15) is 4.79 Å². The van der Waals surface area contributed by atoms with Gasteiger partial charge in [-0.2, -0.15) is 0 Å². The Labute approximate surface area is 184 Å². The zero-order valence-electron chi connectivity index (χ0n) is 16.8. The number of ether oxygens (including phenoxy) is 1. The van der Waals surface area contributed by atoms with Gasteiger partial charge in [0.2, 0.25) is 5.91 Å². The molecule has 4 rings (SSSR count). The number of aromatic nitrogens is 1. The van der Waals surface area contributed by atoms with Crippen molar-refractivity contribution in [1.82, 2.24) is 4.98 Å². The molecule has 4 nitrogen and oxygen atoms in total. The lowest BCUT2D eigenvalue weighted by Gasteiger charge is -2.20. The number of nitrogens with zero attached hydrogens (tertiary/aromatic N) is 2. The molecule has 1 amide bonds. The molecule has 4 aromatic rings. The third kappa shape index (κ3) is 4.32. The molecule has 152 valence electrons. The number of aryl methyl sites for hydroxylation is 1. The van der Waals surface area contributed by atoms with Crippen LogP contribution in [-0.2, 0) is 17.8 Å². The number of fused-ring (bicyclic) bond motifs is 1. The summed E-state index contributed by atoms with van der Waals surface area (Å²) < 4.78 is 6.23. The van der Waals surface area contributed by atoms with Crippen LogP contribution in [0.15, 0.2) is 66.7 Å². The van der Waals surface area contributed by atoms with Crippen molar-refractivity contribution in [2.45, 2.75) is 19.9 Å². The number of hydrogen-bond donors (Lipinski definition) is 0. The van der Waals surface area contributed by atoms with E-state index in [0.29, 0.717) is 16.7 Å². The van der Waals surface area contributed by atoms with Crippen molar-refractivity contribution in [2.75, 3.05) is 12.0 Å². The summed E-state index contributed by atoms with van der Waals surface area (Å²) in [6.45, 7) is 2.41. The third-order valence-corrected chi connectivity index (χ3v) is 6.42. The quantitative estimate of drug-likeness (QED) is 0.370. The molecule has 30 heavy (non-hydrogen) atoms. The Morgan fingerprint density at radius 1 is 1.03 bits per heavy atom. The Morgan fingerprint density at radius 2 is 1.77 bits per heavy atom. The number of rotatable bonds is 6. The van der Waals surface area contributed by atoms with Crippen LogP contribution in [-0.4, -0.2) is 18.0 Å². The average Bonchev–Trinajstić information content (AvgIpc) is 3.20. The smallest absolute Gasteiger partial charge is 0.233 e. The van der Waals surface area contributed by atoms with Crippen LogP contribution in [0.1, 0.15) is 16.7 Å². The number of methoxy groups -OCH3 is 1. The van der Waals surface area contributed by atoms with E-state index in [-0.39, 0.29) is 12.3 Å². The molecule has 0 fully saturated rings. The minimum atomic E-state index is -0.00757. The first-order valence-corrected chi connectivity index (χ1v) is 10.8. The highest BCUT2D eigenvalue weighted by Crippen LogP contribution is 2.34. The van der Waals surface area contributed by atoms with Crippen LogP contribution in [0, 0.1) is 6.92 Å². The molecule has 0 unspecified atom stereocenters. The van der Waals surface area contributed by atoms with Crippen molar-refractivity contribution in [1.29, 1.82) is 0 Å². The second-order valence-electron chi connectivity index (χ2n) is 7.01. The van der Waals surface area contributed by atoms with Gasteiger partial charge in [0.1, 0.15) is 5.75 Å². The Kier molecular flexibility index (Phi) is 6.02. The molecule has 0 radical (unpaired) electrons. The number of carbonyl (C=O) groups is 1. The SMILES string of the molecule is COc1ccc(CC(=O)N(Cc2ccccc2)c2nc3c(C)c(Cl)ccc3s2)cc1. The summed E-state index contributed by atoms with van der Waals surface area (Å²) in [5.74, 6) is 0.762. The second kappa shape index (κ2) is 8.86. The summed E-state index contributed by atoms with van der Waals surface area (Å²) in [5, 5.41) is 1.36. The summed E-state index contributed by atoms with van der Waals surface area (Å²) in [4.78, 5) is 19.9. The van der Waals surface area contributed by atoms with Gasteiger partial charge in [-0.15, -0.1) is 0 Å². The maximum atomic E-state index is 13.3. The molecular weight excluding hydrogens is 416 g/mol. The van der Waals surface area contributed by atoms with E-state index < -0.39 is 0 Å². The summed E-state index contributed by atoms with van der Waals surface area (Å²) in [6, 6.07) is 21.4. The van der Waals surface area contributed by atoms with Crippen molar-refractivity contribution >= 4 is 44.2 Å². The fraction of sp³-hybridized carbons (Fsp3) is 0.167. The Hall–Kier alpha value is -2.89. The van der Waals surface area contributed by atoms with E-state index in [0.717, 1.165) is 32.7 Å². The first-order valence-electron chi connectivity index (χ1n) is 9.58. The first kappa shape index (κ1) is 20.4. The van der Waals surface area contributed by atoms with Crippen molar-refractivity contribution in [3.8, 4) is 5.75 Å². The highest BCUT2D eigenvalue weighted by Gasteiger charge is 2.21. The summed E-state index contributed by atoms with van der Waals surface area (Å²) >= 11 is 7.78. The van der Waals surface area contributed by atoms with E-state index in [2.05, 4.69) is 0 Å². The highest BCUT2D eigenvalue weighted by atomic mass is 35.5. The number of carbonyl (C=O) groups excluding carboxylic acids is 1. The topological polar surface area (TPSA) is 42.4 Å². The van der Waals surface area contributed by atoms with Crippen molar-refractivity contribution in [3.05, 3.63) is 88.4 Å². The van der Waals surface area contributed by atoms with Crippen LogP contribution in [0.5, 0.6) is 5.75 Å². The van der Waals surface area contributed by atoms with E-state index in [1.165, 1.54) is 11.3 Å². The van der Waals surface area contributed by atoms with Crippen LogP contribution in [0.3, 0.4) is 0 Å². The summed E-state index contributed by atoms with van der Waals surface area (Å²) in [6.07, 6.45) is 0.284. The standard InChI is InChI=1S/C24H21ClN2O2S/c1-16-20(25)12-13-21-23(16)26-24(30-21)27(15-18-6-4-3-5-7-18)22(28)14-17-8-10-19(29-2)11-9-17/h3-13H,14-15H2,1-2H3. The number of amides is 1. The summed E-state index contributed by atoms with van der Waals surface area (Å²) in [5.41, 5.74) is 3.76. The fourth-order valence-electron chi connectivity index (χ4n) is 3.25. The molecule has 0 spiro atoms. The Morgan fingerprint density at radius 3 is 2.47 bits per heavy atom. The van der Waals surface area contributed by atoms with Gasteiger partial charge in [-0.05, 0) is 47.9 Å². The zero-order valence-corrected chi connectivity index (χ0v) is 18.3. The molecule has 3 aromatic carbocycles. The van der Waals surface area contributed by atoms with Gasteiger partial charge in [0.25, 0.3) is 0 Å². The van der Waals surface area contributed by atoms with Gasteiger partial charge in [0.15, 0.2) is 5.13 Å². The van der Waals surface area contributed by atoms with Crippen LogP contribution in [0.4, 0.5) is 5.13 Å². The lowest BCUT2D eigenvalue weighted by molar-refractivity contribution is -0.118. The number of halogens is 1. The van der Waals surface area contributed by atoms with Crippen LogP contribution < -0.4 is 9.64 Å². The molecule has 1 heterocycles. The fourth-order valence-corrected chi connectivity index (χ4v) is 4.44. The van der Waals surface area contributed by atoms with E-state index >= 15 is 0 Å². The molecule has 0 aliphatic carbocycles. The van der Waals surface area contributed by atoms with Gasteiger partial charge in [0.05, 0.1) is 30.3 Å². The Balaban J connectivity index is 1.68. The van der Waals surface area contributed by atoms with Crippen molar-refractivity contribution in [3.63, 3.8) is 0 Å². The molecule has 0 N–H and O–H groups in total. The van der Waals surface area contributed by atoms with E-state index in [4.69, 9.17) is 21.3 Å². The van der Waals surface area contributed by atoms with Gasteiger partial charge in [-0.3, -0.25) is 9.69 Å². The van der Waals surface area contributed by atoms with Crippen molar-refractivity contribution < 1.29 is 9.53 Å². The maximum Gasteiger partial charge on any atom is 0.233 e. The Bertz CT molecular complexity index is 1170. The summed E-state index contributed by atoms with van der Waals surface area (Å²) in [7, 11) is 1.63. The molecule has 0 saturated carbocycles. The highest BCUT2D eigenvalue weighted by molar-refractivity contribution is 7.22.